The van der Waals surface area contributed by atoms with Crippen LogP contribution in [0.5, 0.6) is 0 Å². The Bertz CT molecular complexity index is 408. The maximum Gasteiger partial charge on any atom is 0.245 e. The van der Waals surface area contributed by atoms with Gasteiger partial charge in [0, 0.05) is 32.2 Å². The Labute approximate surface area is 120 Å². The van der Waals surface area contributed by atoms with Gasteiger partial charge in [0.05, 0.1) is 0 Å². The largest absolute Gasteiger partial charge is 0.375 e. The summed E-state index contributed by atoms with van der Waals surface area (Å²) in [5.41, 5.74) is 0. The molecule has 2 aliphatic carbocycles. The first-order valence-electron chi connectivity index (χ1n) is 7.68. The zero-order chi connectivity index (χ0) is 14.3. The van der Waals surface area contributed by atoms with E-state index in [2.05, 4.69) is 17.1 Å². The fourth-order valence-electron chi connectivity index (χ4n) is 4.13. The van der Waals surface area contributed by atoms with Crippen LogP contribution in [-0.2, 0) is 14.3 Å². The van der Waals surface area contributed by atoms with E-state index in [1.807, 2.05) is 0 Å². The number of nitrogens with one attached hydrogen (secondary N) is 1. The maximum absolute atomic E-state index is 12.2. The second kappa shape index (κ2) is 5.35. The second-order valence-corrected chi connectivity index (χ2v) is 6.58. The van der Waals surface area contributed by atoms with E-state index < -0.39 is 0 Å². The minimum Gasteiger partial charge on any atom is -0.375 e. The summed E-state index contributed by atoms with van der Waals surface area (Å²) in [7, 11) is 1.52. The van der Waals surface area contributed by atoms with E-state index >= 15 is 0 Å². The lowest BCUT2D eigenvalue weighted by atomic mass is 9.88. The topological polar surface area (TPSA) is 58.6 Å². The van der Waals surface area contributed by atoms with Crippen molar-refractivity contribution in [2.45, 2.75) is 44.7 Å². The highest BCUT2D eigenvalue weighted by atomic mass is 16.5. The Morgan fingerprint density at radius 3 is 2.85 bits per heavy atom. The number of fused-ring (bicyclic) bond motifs is 1. The molecule has 1 aliphatic heterocycles. The fourth-order valence-corrected chi connectivity index (χ4v) is 4.13. The van der Waals surface area contributed by atoms with Gasteiger partial charge in [-0.05, 0) is 37.0 Å². The van der Waals surface area contributed by atoms with Crippen LogP contribution in [0.3, 0.4) is 0 Å². The van der Waals surface area contributed by atoms with Crippen molar-refractivity contribution in [1.29, 1.82) is 0 Å². The lowest BCUT2D eigenvalue weighted by Gasteiger charge is -2.24. The highest BCUT2D eigenvalue weighted by molar-refractivity contribution is 5.80. The number of carbonyl (C=O) groups is 2. The number of hydrogen-bond donors (Lipinski definition) is 1. The van der Waals surface area contributed by atoms with Gasteiger partial charge in [-0.3, -0.25) is 9.59 Å². The van der Waals surface area contributed by atoms with Crippen molar-refractivity contribution in [3.05, 3.63) is 0 Å². The van der Waals surface area contributed by atoms with E-state index in [1.54, 1.807) is 0 Å². The van der Waals surface area contributed by atoms with E-state index in [0.717, 1.165) is 6.42 Å². The Kier molecular flexibility index (Phi) is 3.71. The maximum atomic E-state index is 12.2. The molecule has 2 saturated carbocycles. The predicted molar refractivity (Wildman–Crippen MR) is 73.9 cm³/mol. The van der Waals surface area contributed by atoms with Crippen molar-refractivity contribution < 1.29 is 14.3 Å². The minimum absolute atomic E-state index is 0.0634. The lowest BCUT2D eigenvalue weighted by Crippen LogP contribution is -2.36. The monoisotopic (exact) mass is 280 g/mol. The van der Waals surface area contributed by atoms with Crippen LogP contribution < -0.4 is 5.32 Å². The van der Waals surface area contributed by atoms with Gasteiger partial charge >= 0.3 is 0 Å². The number of nitrogens with zero attached hydrogens (tertiary/aromatic N) is 1. The molecular weight excluding hydrogens is 256 g/mol. The molecule has 0 unspecified atom stereocenters. The SMILES string of the molecule is COCC(=O)NC[C@H]1[C@@H]2CC(=O)N(C3CC3)[C@@H]2C[C@@H]1C. The first-order valence-corrected chi connectivity index (χ1v) is 7.68. The molecular formula is C15H24N2O3. The first-order chi connectivity index (χ1) is 9.61. The molecule has 0 spiro atoms. The van der Waals surface area contributed by atoms with Crippen molar-refractivity contribution in [2.24, 2.45) is 17.8 Å². The molecule has 5 heteroatoms. The highest BCUT2D eigenvalue weighted by Gasteiger charge is 2.53. The van der Waals surface area contributed by atoms with Crippen molar-refractivity contribution in [3.63, 3.8) is 0 Å². The van der Waals surface area contributed by atoms with Crippen LogP contribution in [0, 0.1) is 17.8 Å². The van der Waals surface area contributed by atoms with E-state index in [1.165, 1.54) is 20.0 Å². The molecule has 3 rings (SSSR count). The zero-order valence-electron chi connectivity index (χ0n) is 12.3. The van der Waals surface area contributed by atoms with Crippen LogP contribution in [0.2, 0.25) is 0 Å². The molecule has 3 fully saturated rings. The molecule has 4 atom stereocenters. The number of methoxy groups -OCH3 is 1. The third-order valence-electron chi connectivity index (χ3n) is 5.19. The highest BCUT2D eigenvalue weighted by Crippen LogP contribution is 2.49. The summed E-state index contributed by atoms with van der Waals surface area (Å²) in [6.07, 6.45) is 4.13. The molecule has 20 heavy (non-hydrogen) atoms. The van der Waals surface area contributed by atoms with E-state index in [0.29, 0.717) is 48.7 Å². The van der Waals surface area contributed by atoms with Gasteiger partial charge in [-0.2, -0.15) is 0 Å². The van der Waals surface area contributed by atoms with Crippen molar-refractivity contribution in [1.82, 2.24) is 10.2 Å². The first kappa shape index (κ1) is 13.9. The van der Waals surface area contributed by atoms with Gasteiger partial charge < -0.3 is 15.0 Å². The zero-order valence-corrected chi connectivity index (χ0v) is 12.3. The van der Waals surface area contributed by atoms with Crippen LogP contribution in [0.1, 0.15) is 32.6 Å². The quantitative estimate of drug-likeness (QED) is 0.810. The summed E-state index contributed by atoms with van der Waals surface area (Å²) >= 11 is 0. The molecule has 3 aliphatic rings. The molecule has 2 amide bonds. The molecule has 0 radical (unpaired) electrons. The Morgan fingerprint density at radius 1 is 1.45 bits per heavy atom. The van der Waals surface area contributed by atoms with Crippen LogP contribution in [0.15, 0.2) is 0 Å². The lowest BCUT2D eigenvalue weighted by molar-refractivity contribution is -0.129. The van der Waals surface area contributed by atoms with Gasteiger partial charge in [-0.1, -0.05) is 6.92 Å². The molecule has 1 saturated heterocycles. The molecule has 0 aromatic rings. The van der Waals surface area contributed by atoms with Crippen LogP contribution in [0.4, 0.5) is 0 Å². The van der Waals surface area contributed by atoms with E-state index in [4.69, 9.17) is 4.74 Å². The molecule has 0 bridgehead atoms. The smallest absolute Gasteiger partial charge is 0.245 e. The van der Waals surface area contributed by atoms with Crippen molar-refractivity contribution >= 4 is 11.8 Å². The van der Waals surface area contributed by atoms with E-state index in [-0.39, 0.29) is 12.5 Å². The number of hydrogen-bond acceptors (Lipinski definition) is 3. The average Bonchev–Trinajstić information content (AvgIpc) is 3.10. The van der Waals surface area contributed by atoms with Gasteiger partial charge in [0.2, 0.25) is 11.8 Å². The number of likely N-dealkylation sites (tertiary alicyclic amines) is 1. The number of rotatable bonds is 5. The molecule has 5 nitrogen and oxygen atoms in total. The third-order valence-corrected chi connectivity index (χ3v) is 5.19. The minimum atomic E-state index is -0.0634. The van der Waals surface area contributed by atoms with Gasteiger partial charge in [-0.25, -0.2) is 0 Å². The van der Waals surface area contributed by atoms with Gasteiger partial charge in [0.15, 0.2) is 0 Å². The predicted octanol–water partition coefficient (Wildman–Crippen LogP) is 0.785. The van der Waals surface area contributed by atoms with Crippen LogP contribution in [0.25, 0.3) is 0 Å². The molecule has 0 aromatic heterocycles. The van der Waals surface area contributed by atoms with Gasteiger partial charge in [0.1, 0.15) is 6.61 Å². The molecule has 1 N–H and O–H groups in total. The van der Waals surface area contributed by atoms with Crippen molar-refractivity contribution in [2.75, 3.05) is 20.3 Å². The average molecular weight is 280 g/mol. The summed E-state index contributed by atoms with van der Waals surface area (Å²) in [4.78, 5) is 25.9. The number of amides is 2. The van der Waals surface area contributed by atoms with Crippen LogP contribution in [-0.4, -0.2) is 49.1 Å². The Balaban J connectivity index is 1.61. The second-order valence-electron chi connectivity index (χ2n) is 6.58. The van der Waals surface area contributed by atoms with Gasteiger partial charge in [-0.15, -0.1) is 0 Å². The molecule has 0 aromatic carbocycles. The molecule has 1 heterocycles. The summed E-state index contributed by atoms with van der Waals surface area (Å²) in [5, 5.41) is 2.95. The van der Waals surface area contributed by atoms with Gasteiger partial charge in [0.25, 0.3) is 0 Å². The number of carbonyl (C=O) groups excluding carboxylic acids is 2. The Hall–Kier alpha value is -1.10. The third kappa shape index (κ3) is 2.43. The standard InChI is InChI=1S/C15H24N2O3/c1-9-5-13-11(6-15(19)17(13)10-3-4-10)12(9)7-16-14(18)8-20-2/h9-13H,3-8H2,1-2H3,(H,16,18)/t9-,11-,12+,13+/m0/s1. The summed E-state index contributed by atoms with van der Waals surface area (Å²) in [5.74, 6) is 1.70. The number of ether oxygens (including phenoxy) is 1. The summed E-state index contributed by atoms with van der Waals surface area (Å²) < 4.78 is 4.83. The van der Waals surface area contributed by atoms with E-state index in [9.17, 15) is 9.59 Å². The Morgan fingerprint density at radius 2 is 2.20 bits per heavy atom. The van der Waals surface area contributed by atoms with Crippen molar-refractivity contribution in [3.8, 4) is 0 Å². The molecule has 112 valence electrons. The summed E-state index contributed by atoms with van der Waals surface area (Å²) in [6.45, 7) is 3.04. The summed E-state index contributed by atoms with van der Waals surface area (Å²) in [6, 6.07) is 0.945. The van der Waals surface area contributed by atoms with Crippen LogP contribution >= 0.6 is 0 Å². The normalized spacial score (nSPS) is 36.3. The fraction of sp³-hybridized carbons (Fsp3) is 0.867.